The summed E-state index contributed by atoms with van der Waals surface area (Å²) in [6.45, 7) is 5.65. The molecule has 0 rings (SSSR count). The molecular formula is C21H40O5. The van der Waals surface area contributed by atoms with Gasteiger partial charge in [0.2, 0.25) is 0 Å². The molecule has 0 aliphatic rings. The first-order chi connectivity index (χ1) is 12.5. The molecule has 154 valence electrons. The van der Waals surface area contributed by atoms with E-state index >= 15 is 0 Å². The molecule has 5 nitrogen and oxygen atoms in total. The summed E-state index contributed by atoms with van der Waals surface area (Å²) in [5, 5.41) is 13.9. The number of hydrogen-bond donors (Lipinski definition) is 2. The van der Waals surface area contributed by atoms with Crippen molar-refractivity contribution in [3.8, 4) is 0 Å². The maximum atomic E-state index is 11.1. The van der Waals surface area contributed by atoms with Crippen molar-refractivity contribution >= 4 is 12.1 Å². The fourth-order valence-electron chi connectivity index (χ4n) is 2.79. The maximum absolute atomic E-state index is 11.1. The summed E-state index contributed by atoms with van der Waals surface area (Å²) in [5.41, 5.74) is 0. The molecule has 0 amide bonds. The fraction of sp³-hybridized carbons (Fsp3) is 0.810. The lowest BCUT2D eigenvalue weighted by Gasteiger charge is -2.03. The molecule has 0 heterocycles. The molecule has 0 aromatic heterocycles. The molecule has 0 aliphatic carbocycles. The smallest absolute Gasteiger partial charge is 0.450 e. The van der Waals surface area contributed by atoms with Crippen LogP contribution >= 0.6 is 0 Å². The van der Waals surface area contributed by atoms with Gasteiger partial charge in [-0.2, -0.15) is 0 Å². The third-order valence-corrected chi connectivity index (χ3v) is 4.20. The number of carboxylic acid groups (broad SMARTS) is 2. The zero-order valence-electron chi connectivity index (χ0n) is 16.7. The molecule has 26 heavy (non-hydrogen) atoms. The Kier molecular flexibility index (Phi) is 24.1. The highest BCUT2D eigenvalue weighted by molar-refractivity contribution is 5.69. The lowest BCUT2D eigenvalue weighted by atomic mass is 10.0. The van der Waals surface area contributed by atoms with E-state index in [1.54, 1.807) is 0 Å². The number of rotatable bonds is 17. The van der Waals surface area contributed by atoms with E-state index in [4.69, 9.17) is 15.0 Å². The monoisotopic (exact) mass is 372 g/mol. The van der Waals surface area contributed by atoms with Crippen LogP contribution in [0.3, 0.4) is 0 Å². The van der Waals surface area contributed by atoms with Gasteiger partial charge in [0.05, 0.1) is 6.26 Å². The van der Waals surface area contributed by atoms with Crippen LogP contribution in [-0.2, 0) is 9.53 Å². The molecule has 0 spiro atoms. The summed E-state index contributed by atoms with van der Waals surface area (Å²) in [5.74, 6) is -0.148. The van der Waals surface area contributed by atoms with E-state index in [9.17, 15) is 4.79 Å². The van der Waals surface area contributed by atoms with Gasteiger partial charge in [0.1, 0.15) is 0 Å². The van der Waals surface area contributed by atoms with Crippen molar-refractivity contribution in [2.24, 2.45) is 0 Å². The van der Waals surface area contributed by atoms with Crippen LogP contribution < -0.4 is 0 Å². The average Bonchev–Trinajstić information content (AvgIpc) is 2.58. The first-order valence-electron chi connectivity index (χ1n) is 10.3. The third kappa shape index (κ3) is 30.4. The van der Waals surface area contributed by atoms with E-state index in [1.165, 1.54) is 89.7 Å². The van der Waals surface area contributed by atoms with Crippen LogP contribution in [0.1, 0.15) is 110 Å². The molecule has 0 atom stereocenters. The first-order valence-corrected chi connectivity index (χ1v) is 10.3. The zero-order chi connectivity index (χ0) is 19.9. The van der Waals surface area contributed by atoms with Crippen LogP contribution in [0.5, 0.6) is 0 Å². The number of ether oxygens (including phenoxy) is 1. The molecule has 0 radical (unpaired) electrons. The fourth-order valence-corrected chi connectivity index (χ4v) is 2.79. The topological polar surface area (TPSA) is 83.8 Å². The summed E-state index contributed by atoms with van der Waals surface area (Å²) in [4.78, 5) is 19.6. The number of hydrogen-bond acceptors (Lipinski definition) is 3. The normalized spacial score (nSPS) is 9.88. The molecule has 0 bridgehead atoms. The molecule has 0 fully saturated rings. The molecule has 0 saturated carbocycles. The van der Waals surface area contributed by atoms with Gasteiger partial charge < -0.3 is 14.9 Å². The second-order valence-corrected chi connectivity index (χ2v) is 6.64. The van der Waals surface area contributed by atoms with Gasteiger partial charge in [0.15, 0.2) is 0 Å². The number of carbonyl (C=O) groups excluding carboxylic acids is 1. The van der Waals surface area contributed by atoms with Crippen molar-refractivity contribution in [3.05, 3.63) is 12.8 Å². The lowest BCUT2D eigenvalue weighted by Crippen LogP contribution is -1.98. The molecule has 0 aromatic rings. The second-order valence-electron chi connectivity index (χ2n) is 6.64. The number of esters is 1. The van der Waals surface area contributed by atoms with Crippen LogP contribution in [0.2, 0.25) is 0 Å². The zero-order valence-corrected chi connectivity index (χ0v) is 16.7. The Morgan fingerprint density at radius 3 is 1.35 bits per heavy atom. The molecule has 2 N–H and O–H groups in total. The summed E-state index contributed by atoms with van der Waals surface area (Å²) >= 11 is 0. The van der Waals surface area contributed by atoms with Crippen molar-refractivity contribution in [2.45, 2.75) is 110 Å². The summed E-state index contributed by atoms with van der Waals surface area (Å²) in [6, 6.07) is 0. The first kappa shape index (κ1) is 26.7. The Balaban J connectivity index is 0. The predicted octanol–water partition coefficient (Wildman–Crippen LogP) is 7.16. The van der Waals surface area contributed by atoms with Gasteiger partial charge >= 0.3 is 12.1 Å². The van der Waals surface area contributed by atoms with Crippen LogP contribution in [0.25, 0.3) is 0 Å². The minimum atomic E-state index is -1.83. The summed E-state index contributed by atoms with van der Waals surface area (Å²) < 4.78 is 4.69. The van der Waals surface area contributed by atoms with Gasteiger partial charge in [0.25, 0.3) is 0 Å². The summed E-state index contributed by atoms with van der Waals surface area (Å²) in [6.07, 6.45) is 20.1. The molecule has 0 aliphatic heterocycles. The molecule has 5 heteroatoms. The van der Waals surface area contributed by atoms with E-state index in [1.807, 2.05) is 0 Å². The van der Waals surface area contributed by atoms with Crippen molar-refractivity contribution in [3.63, 3.8) is 0 Å². The van der Waals surface area contributed by atoms with Crippen LogP contribution in [-0.4, -0.2) is 22.3 Å². The van der Waals surface area contributed by atoms with E-state index in [-0.39, 0.29) is 5.97 Å². The number of unbranched alkanes of at least 4 members (excludes halogenated alkanes) is 14. The van der Waals surface area contributed by atoms with E-state index < -0.39 is 6.16 Å². The van der Waals surface area contributed by atoms with Gasteiger partial charge in [-0.3, -0.25) is 4.79 Å². The number of carbonyl (C=O) groups is 2. The van der Waals surface area contributed by atoms with Crippen molar-refractivity contribution in [1.29, 1.82) is 0 Å². The van der Waals surface area contributed by atoms with Gasteiger partial charge in [-0.15, -0.1) is 0 Å². The Hall–Kier alpha value is -1.52. The van der Waals surface area contributed by atoms with Crippen molar-refractivity contribution < 1.29 is 24.5 Å². The molecule has 0 unspecified atom stereocenters. The Labute approximate surface area is 159 Å². The van der Waals surface area contributed by atoms with Crippen LogP contribution in [0, 0.1) is 0 Å². The lowest BCUT2D eigenvalue weighted by molar-refractivity contribution is -0.138. The van der Waals surface area contributed by atoms with Gasteiger partial charge in [-0.1, -0.05) is 103 Å². The Morgan fingerprint density at radius 2 is 1.04 bits per heavy atom. The SMILES string of the molecule is C=COC(=O)CCCCCCCCCCCCCCCCC.O=C(O)O. The van der Waals surface area contributed by atoms with Crippen molar-refractivity contribution in [2.75, 3.05) is 0 Å². The largest absolute Gasteiger partial charge is 0.503 e. The minimum Gasteiger partial charge on any atom is -0.450 e. The minimum absolute atomic E-state index is 0.148. The standard InChI is InChI=1S/C20H38O2.CH2O3/c1-3-5-6-7-8-9-10-11-12-13-14-15-16-17-18-19-20(21)22-4-2;2-1(3)4/h4H,2-3,5-19H2,1H3;(H2,2,3,4). The highest BCUT2D eigenvalue weighted by Gasteiger charge is 2.00. The second kappa shape index (κ2) is 23.5. The quantitative estimate of drug-likeness (QED) is 0.161. The van der Waals surface area contributed by atoms with Crippen molar-refractivity contribution in [1.82, 2.24) is 0 Å². The Morgan fingerprint density at radius 1 is 0.731 bits per heavy atom. The highest BCUT2D eigenvalue weighted by Crippen LogP contribution is 2.13. The van der Waals surface area contributed by atoms with Crippen LogP contribution in [0.4, 0.5) is 4.79 Å². The highest BCUT2D eigenvalue weighted by atomic mass is 16.6. The molecule has 0 aromatic carbocycles. The third-order valence-electron chi connectivity index (χ3n) is 4.20. The van der Waals surface area contributed by atoms with E-state index in [0.29, 0.717) is 6.42 Å². The molecule has 0 saturated heterocycles. The summed E-state index contributed by atoms with van der Waals surface area (Å²) in [7, 11) is 0. The Bertz CT molecular complexity index is 324. The maximum Gasteiger partial charge on any atom is 0.503 e. The van der Waals surface area contributed by atoms with E-state index in [0.717, 1.165) is 12.8 Å². The average molecular weight is 373 g/mol. The van der Waals surface area contributed by atoms with Gasteiger partial charge in [0, 0.05) is 6.42 Å². The predicted molar refractivity (Wildman–Crippen MR) is 106 cm³/mol. The molecular weight excluding hydrogens is 332 g/mol. The van der Waals surface area contributed by atoms with Gasteiger partial charge in [-0.25, -0.2) is 4.79 Å². The van der Waals surface area contributed by atoms with Gasteiger partial charge in [-0.05, 0) is 6.42 Å². The van der Waals surface area contributed by atoms with E-state index in [2.05, 4.69) is 18.2 Å². The van der Waals surface area contributed by atoms with Crippen LogP contribution in [0.15, 0.2) is 12.8 Å².